The first-order valence-electron chi connectivity index (χ1n) is 5.56. The summed E-state index contributed by atoms with van der Waals surface area (Å²) >= 11 is 0. The first-order valence-corrected chi connectivity index (χ1v) is 5.56. The van der Waals surface area contributed by atoms with Gasteiger partial charge in [-0.1, -0.05) is 0 Å². The number of amides is 1. The number of hydrogen-bond donors (Lipinski definition) is 1. The fraction of sp³-hybridized carbons (Fsp3) is 0.800. The van der Waals surface area contributed by atoms with Crippen LogP contribution in [0.25, 0.3) is 0 Å². The molecule has 110 valence electrons. The van der Waals surface area contributed by atoms with Crippen LogP contribution in [-0.2, 0) is 19.1 Å². The van der Waals surface area contributed by atoms with Gasteiger partial charge in [-0.05, 0) is 0 Å². The third kappa shape index (κ3) is 5.43. The van der Waals surface area contributed by atoms with Gasteiger partial charge in [0.1, 0.15) is 6.61 Å². The van der Waals surface area contributed by atoms with E-state index in [4.69, 9.17) is 9.84 Å². The topological polar surface area (TPSA) is 76.1 Å². The summed E-state index contributed by atoms with van der Waals surface area (Å²) in [5, 5.41) is 8.88. The SMILES string of the molecule is O=C(O)[C@@H]1COCCN1C(=O)CCOCC(F)(F)F. The predicted octanol–water partition coefficient (Wildman–Crippen LogP) is 0.267. The summed E-state index contributed by atoms with van der Waals surface area (Å²) in [4.78, 5) is 23.6. The second-order valence-electron chi connectivity index (χ2n) is 3.93. The molecule has 1 amide bonds. The van der Waals surface area contributed by atoms with Crippen LogP contribution in [0.4, 0.5) is 13.2 Å². The van der Waals surface area contributed by atoms with Crippen molar-refractivity contribution in [2.75, 3.05) is 33.0 Å². The Balaban J connectivity index is 2.37. The second kappa shape index (κ2) is 6.71. The molecule has 0 aromatic heterocycles. The van der Waals surface area contributed by atoms with Crippen molar-refractivity contribution in [3.63, 3.8) is 0 Å². The van der Waals surface area contributed by atoms with Gasteiger partial charge >= 0.3 is 12.1 Å². The Bertz CT molecular complexity index is 334. The summed E-state index contributed by atoms with van der Waals surface area (Å²) in [7, 11) is 0. The van der Waals surface area contributed by atoms with Gasteiger partial charge in [0.2, 0.25) is 5.91 Å². The summed E-state index contributed by atoms with van der Waals surface area (Å²) in [5.74, 6) is -1.76. The van der Waals surface area contributed by atoms with Crippen molar-refractivity contribution in [2.45, 2.75) is 18.6 Å². The molecular formula is C10H14F3NO5. The number of alkyl halides is 3. The molecule has 6 nitrogen and oxygen atoms in total. The molecular weight excluding hydrogens is 271 g/mol. The number of nitrogens with zero attached hydrogens (tertiary/aromatic N) is 1. The highest BCUT2D eigenvalue weighted by Gasteiger charge is 2.32. The van der Waals surface area contributed by atoms with Crippen molar-refractivity contribution in [3.05, 3.63) is 0 Å². The van der Waals surface area contributed by atoms with E-state index < -0.39 is 37.3 Å². The van der Waals surface area contributed by atoms with E-state index >= 15 is 0 Å². The number of carbonyl (C=O) groups excluding carboxylic acids is 1. The molecule has 1 atom stereocenters. The maximum absolute atomic E-state index is 11.8. The van der Waals surface area contributed by atoms with E-state index in [1.54, 1.807) is 0 Å². The van der Waals surface area contributed by atoms with Gasteiger partial charge in [-0.15, -0.1) is 0 Å². The molecule has 0 saturated carbocycles. The molecule has 0 unspecified atom stereocenters. The molecule has 1 aliphatic rings. The molecule has 1 aliphatic heterocycles. The Labute approximate surface area is 107 Å². The average Bonchev–Trinajstić information content (AvgIpc) is 2.33. The lowest BCUT2D eigenvalue weighted by atomic mass is 10.2. The highest BCUT2D eigenvalue weighted by Crippen LogP contribution is 2.15. The van der Waals surface area contributed by atoms with Crippen molar-refractivity contribution < 1.29 is 37.3 Å². The van der Waals surface area contributed by atoms with Gasteiger partial charge in [0.25, 0.3) is 0 Å². The van der Waals surface area contributed by atoms with E-state index in [9.17, 15) is 22.8 Å². The Morgan fingerprint density at radius 3 is 2.68 bits per heavy atom. The molecule has 0 aromatic carbocycles. The number of halogens is 3. The van der Waals surface area contributed by atoms with E-state index in [-0.39, 0.29) is 26.2 Å². The zero-order valence-electron chi connectivity index (χ0n) is 9.98. The van der Waals surface area contributed by atoms with Gasteiger partial charge in [0, 0.05) is 6.54 Å². The molecule has 1 saturated heterocycles. The number of morpholine rings is 1. The maximum Gasteiger partial charge on any atom is 0.411 e. The highest BCUT2D eigenvalue weighted by molar-refractivity contribution is 5.84. The lowest BCUT2D eigenvalue weighted by Crippen LogP contribution is -2.52. The minimum Gasteiger partial charge on any atom is -0.480 e. The van der Waals surface area contributed by atoms with Crippen LogP contribution in [-0.4, -0.2) is 67.1 Å². The van der Waals surface area contributed by atoms with Crippen LogP contribution < -0.4 is 0 Å². The molecule has 9 heteroatoms. The zero-order chi connectivity index (χ0) is 14.5. The van der Waals surface area contributed by atoms with Crippen LogP contribution >= 0.6 is 0 Å². The van der Waals surface area contributed by atoms with Crippen LogP contribution in [0, 0.1) is 0 Å². The quantitative estimate of drug-likeness (QED) is 0.734. The van der Waals surface area contributed by atoms with Crippen molar-refractivity contribution in [2.24, 2.45) is 0 Å². The second-order valence-corrected chi connectivity index (χ2v) is 3.93. The van der Waals surface area contributed by atoms with E-state index in [1.807, 2.05) is 0 Å². The standard InChI is InChI=1S/C10H14F3NO5/c11-10(12,13)6-19-3-1-8(15)14-2-4-18-5-7(14)9(16)17/h7H,1-6H2,(H,16,17)/t7-/m0/s1. The van der Waals surface area contributed by atoms with Crippen LogP contribution in [0.2, 0.25) is 0 Å². The number of ether oxygens (including phenoxy) is 2. The molecule has 1 heterocycles. The minimum absolute atomic E-state index is 0.106. The molecule has 1 fully saturated rings. The zero-order valence-corrected chi connectivity index (χ0v) is 9.98. The third-order valence-electron chi connectivity index (χ3n) is 2.46. The van der Waals surface area contributed by atoms with E-state index in [0.717, 1.165) is 4.90 Å². The largest absolute Gasteiger partial charge is 0.480 e. The number of carbonyl (C=O) groups is 2. The van der Waals surface area contributed by atoms with E-state index in [2.05, 4.69) is 4.74 Å². The summed E-state index contributed by atoms with van der Waals surface area (Å²) in [6, 6.07) is -1.09. The lowest BCUT2D eigenvalue weighted by molar-refractivity contribution is -0.176. The summed E-state index contributed by atoms with van der Waals surface area (Å²) in [5.41, 5.74) is 0. The molecule has 0 bridgehead atoms. The smallest absolute Gasteiger partial charge is 0.411 e. The fourth-order valence-corrected chi connectivity index (χ4v) is 1.60. The van der Waals surface area contributed by atoms with Crippen LogP contribution in [0.15, 0.2) is 0 Å². The Morgan fingerprint density at radius 2 is 2.11 bits per heavy atom. The van der Waals surface area contributed by atoms with Crippen LogP contribution in [0.3, 0.4) is 0 Å². The predicted molar refractivity (Wildman–Crippen MR) is 55.4 cm³/mol. The van der Waals surface area contributed by atoms with Gasteiger partial charge in [-0.25, -0.2) is 4.79 Å². The molecule has 0 aliphatic carbocycles. The fourth-order valence-electron chi connectivity index (χ4n) is 1.60. The highest BCUT2D eigenvalue weighted by atomic mass is 19.4. The number of aliphatic carboxylic acids is 1. The number of carboxylic acid groups (broad SMARTS) is 1. The molecule has 0 aromatic rings. The van der Waals surface area contributed by atoms with E-state index in [1.165, 1.54) is 0 Å². The summed E-state index contributed by atoms with van der Waals surface area (Å²) < 4.78 is 44.6. The molecule has 1 N–H and O–H groups in total. The number of hydrogen-bond acceptors (Lipinski definition) is 4. The van der Waals surface area contributed by atoms with Crippen molar-refractivity contribution in [3.8, 4) is 0 Å². The van der Waals surface area contributed by atoms with Gasteiger partial charge in [-0.2, -0.15) is 13.2 Å². The van der Waals surface area contributed by atoms with Gasteiger partial charge in [0.05, 0.1) is 26.2 Å². The first-order chi connectivity index (χ1) is 8.81. The Kier molecular flexibility index (Phi) is 5.55. The normalized spacial score (nSPS) is 20.4. The van der Waals surface area contributed by atoms with Crippen LogP contribution in [0.5, 0.6) is 0 Å². The minimum atomic E-state index is -4.44. The number of carboxylic acids is 1. The van der Waals surface area contributed by atoms with E-state index in [0.29, 0.717) is 0 Å². The first kappa shape index (κ1) is 15.7. The van der Waals surface area contributed by atoms with Crippen molar-refractivity contribution in [1.82, 2.24) is 4.90 Å². The van der Waals surface area contributed by atoms with Crippen LogP contribution in [0.1, 0.15) is 6.42 Å². The molecule has 1 rings (SSSR count). The summed E-state index contributed by atoms with van der Waals surface area (Å²) in [6.07, 6.45) is -4.73. The number of rotatable bonds is 5. The van der Waals surface area contributed by atoms with Crippen molar-refractivity contribution >= 4 is 11.9 Å². The van der Waals surface area contributed by atoms with Gasteiger partial charge < -0.3 is 19.5 Å². The summed E-state index contributed by atoms with van der Waals surface area (Å²) in [6.45, 7) is -1.63. The van der Waals surface area contributed by atoms with Gasteiger partial charge in [-0.3, -0.25) is 4.79 Å². The lowest BCUT2D eigenvalue weighted by Gasteiger charge is -2.32. The molecule has 0 radical (unpaired) electrons. The maximum atomic E-state index is 11.8. The Hall–Kier alpha value is -1.35. The molecule has 0 spiro atoms. The third-order valence-corrected chi connectivity index (χ3v) is 2.46. The van der Waals surface area contributed by atoms with Crippen molar-refractivity contribution in [1.29, 1.82) is 0 Å². The molecule has 19 heavy (non-hydrogen) atoms. The average molecular weight is 285 g/mol. The van der Waals surface area contributed by atoms with Gasteiger partial charge in [0.15, 0.2) is 6.04 Å². The monoisotopic (exact) mass is 285 g/mol. The Morgan fingerprint density at radius 1 is 1.42 bits per heavy atom.